The second kappa shape index (κ2) is 3.63. The molecule has 0 radical (unpaired) electrons. The van der Waals surface area contributed by atoms with Gasteiger partial charge in [-0.1, -0.05) is 12.1 Å². The largest absolute Gasteiger partial charge is 0.398 e. The molecule has 1 heterocycles. The smallest absolute Gasteiger partial charge is 0.125 e. The Morgan fingerprint density at radius 2 is 1.88 bits per heavy atom. The summed E-state index contributed by atoms with van der Waals surface area (Å²) < 4.78 is 13.0. The molecule has 0 spiro atoms. The zero-order chi connectivity index (χ0) is 11.8. The molecule has 0 aliphatic rings. The van der Waals surface area contributed by atoms with Gasteiger partial charge < -0.3 is 10.7 Å². The number of H-pyrrole nitrogens is 1. The van der Waals surface area contributed by atoms with Crippen LogP contribution >= 0.6 is 0 Å². The van der Waals surface area contributed by atoms with Crippen molar-refractivity contribution in [2.45, 2.75) is 0 Å². The van der Waals surface area contributed by atoms with Crippen LogP contribution in [-0.2, 0) is 0 Å². The monoisotopic (exact) mass is 226 g/mol. The lowest BCUT2D eigenvalue weighted by Gasteiger charge is -2.07. The molecule has 3 aromatic rings. The van der Waals surface area contributed by atoms with Gasteiger partial charge in [-0.3, -0.25) is 0 Å². The molecule has 0 unspecified atom stereocenters. The van der Waals surface area contributed by atoms with Crippen molar-refractivity contribution < 1.29 is 4.39 Å². The molecule has 0 saturated heterocycles. The number of hydrogen-bond donors (Lipinski definition) is 2. The molecule has 0 atom stereocenters. The lowest BCUT2D eigenvalue weighted by Crippen LogP contribution is -1.91. The van der Waals surface area contributed by atoms with Crippen LogP contribution in [-0.4, -0.2) is 4.98 Å². The fraction of sp³-hybridized carbons (Fsp3) is 0. The maximum Gasteiger partial charge on any atom is 0.125 e. The number of nitrogens with one attached hydrogen (secondary N) is 1. The average Bonchev–Trinajstić information content (AvgIpc) is 2.77. The van der Waals surface area contributed by atoms with E-state index >= 15 is 0 Å². The van der Waals surface area contributed by atoms with Crippen LogP contribution in [0.25, 0.3) is 22.0 Å². The number of halogens is 1. The van der Waals surface area contributed by atoms with Crippen molar-refractivity contribution >= 4 is 16.6 Å². The lowest BCUT2D eigenvalue weighted by atomic mass is 10.0. The Morgan fingerprint density at radius 3 is 2.71 bits per heavy atom. The summed E-state index contributed by atoms with van der Waals surface area (Å²) in [5.41, 5.74) is 9.24. The number of benzene rings is 2. The molecule has 0 saturated carbocycles. The first-order chi connectivity index (χ1) is 8.25. The number of nitrogen functional groups attached to an aromatic ring is 1. The molecule has 3 heteroatoms. The van der Waals surface area contributed by atoms with Crippen LogP contribution < -0.4 is 5.73 Å². The molecule has 2 nitrogen and oxygen atoms in total. The standard InChI is InChI=1S/C14H11FN2/c15-9-4-5-11(13(16)8-9)10-2-1-3-14-12(10)6-7-17-14/h1-8,17H,16H2. The van der Waals surface area contributed by atoms with Gasteiger partial charge >= 0.3 is 0 Å². The van der Waals surface area contributed by atoms with E-state index < -0.39 is 0 Å². The van der Waals surface area contributed by atoms with E-state index in [0.717, 1.165) is 22.0 Å². The summed E-state index contributed by atoms with van der Waals surface area (Å²) in [6.45, 7) is 0. The summed E-state index contributed by atoms with van der Waals surface area (Å²) in [5, 5.41) is 1.09. The van der Waals surface area contributed by atoms with Gasteiger partial charge in [0, 0.05) is 28.4 Å². The normalized spacial score (nSPS) is 10.9. The van der Waals surface area contributed by atoms with E-state index in [1.54, 1.807) is 6.07 Å². The van der Waals surface area contributed by atoms with Crippen molar-refractivity contribution in [2.75, 3.05) is 5.73 Å². The Bertz CT molecular complexity index is 686. The van der Waals surface area contributed by atoms with Gasteiger partial charge in [-0.25, -0.2) is 4.39 Å². The highest BCUT2D eigenvalue weighted by Crippen LogP contribution is 2.32. The third-order valence-electron chi connectivity index (χ3n) is 2.90. The Balaban J connectivity index is 2.30. The van der Waals surface area contributed by atoms with Crippen molar-refractivity contribution in [3.63, 3.8) is 0 Å². The Hall–Kier alpha value is -2.29. The molecule has 0 bridgehead atoms. The van der Waals surface area contributed by atoms with Crippen molar-refractivity contribution in [3.05, 3.63) is 54.5 Å². The fourth-order valence-electron chi connectivity index (χ4n) is 2.10. The number of aromatic amines is 1. The van der Waals surface area contributed by atoms with Crippen LogP contribution in [0.4, 0.5) is 10.1 Å². The van der Waals surface area contributed by atoms with Crippen LogP contribution in [0.5, 0.6) is 0 Å². The fourth-order valence-corrected chi connectivity index (χ4v) is 2.10. The van der Waals surface area contributed by atoms with Crippen LogP contribution in [0, 0.1) is 5.82 Å². The maximum atomic E-state index is 13.0. The topological polar surface area (TPSA) is 41.8 Å². The molecule has 1 aromatic heterocycles. The first-order valence-corrected chi connectivity index (χ1v) is 5.37. The van der Waals surface area contributed by atoms with Gasteiger partial charge in [0.15, 0.2) is 0 Å². The number of aromatic nitrogens is 1. The van der Waals surface area contributed by atoms with Crippen LogP contribution in [0.15, 0.2) is 48.7 Å². The summed E-state index contributed by atoms with van der Waals surface area (Å²) in [6, 6.07) is 12.4. The molecular weight excluding hydrogens is 215 g/mol. The van der Waals surface area contributed by atoms with Crippen molar-refractivity contribution in [2.24, 2.45) is 0 Å². The van der Waals surface area contributed by atoms with E-state index in [1.807, 2.05) is 30.5 Å². The van der Waals surface area contributed by atoms with Gasteiger partial charge in [0.1, 0.15) is 5.82 Å². The number of anilines is 1. The van der Waals surface area contributed by atoms with Gasteiger partial charge in [0.05, 0.1) is 0 Å². The second-order valence-electron chi connectivity index (χ2n) is 3.98. The SMILES string of the molecule is Nc1cc(F)ccc1-c1cccc2[nH]ccc12. The average molecular weight is 226 g/mol. The van der Waals surface area contributed by atoms with Gasteiger partial charge in [-0.05, 0) is 35.9 Å². The summed E-state index contributed by atoms with van der Waals surface area (Å²) in [6.07, 6.45) is 1.88. The highest BCUT2D eigenvalue weighted by molar-refractivity contribution is 5.97. The minimum absolute atomic E-state index is 0.313. The Labute approximate surface area is 97.9 Å². The van der Waals surface area contributed by atoms with Crippen molar-refractivity contribution in [3.8, 4) is 11.1 Å². The highest BCUT2D eigenvalue weighted by Gasteiger charge is 2.07. The predicted octanol–water partition coefficient (Wildman–Crippen LogP) is 3.56. The van der Waals surface area contributed by atoms with E-state index in [4.69, 9.17) is 5.73 Å². The molecule has 2 aromatic carbocycles. The first-order valence-electron chi connectivity index (χ1n) is 5.37. The Kier molecular flexibility index (Phi) is 2.11. The zero-order valence-corrected chi connectivity index (χ0v) is 9.07. The van der Waals surface area contributed by atoms with E-state index in [2.05, 4.69) is 4.98 Å². The minimum Gasteiger partial charge on any atom is -0.398 e. The first kappa shape index (κ1) is 9.90. The summed E-state index contributed by atoms with van der Waals surface area (Å²) >= 11 is 0. The molecule has 17 heavy (non-hydrogen) atoms. The molecule has 0 amide bonds. The van der Waals surface area contributed by atoms with Crippen molar-refractivity contribution in [1.29, 1.82) is 0 Å². The third kappa shape index (κ3) is 1.56. The third-order valence-corrected chi connectivity index (χ3v) is 2.90. The number of rotatable bonds is 1. The maximum absolute atomic E-state index is 13.0. The number of hydrogen-bond acceptors (Lipinski definition) is 1. The zero-order valence-electron chi connectivity index (χ0n) is 9.07. The quantitative estimate of drug-likeness (QED) is 0.612. The molecular formula is C14H11FN2. The summed E-state index contributed by atoms with van der Waals surface area (Å²) in [7, 11) is 0. The Morgan fingerprint density at radius 1 is 1.00 bits per heavy atom. The van der Waals surface area contributed by atoms with Crippen LogP contribution in [0.2, 0.25) is 0 Å². The highest BCUT2D eigenvalue weighted by atomic mass is 19.1. The number of nitrogens with two attached hydrogens (primary N) is 1. The van der Waals surface area contributed by atoms with Gasteiger partial charge in [0.25, 0.3) is 0 Å². The molecule has 3 rings (SSSR count). The summed E-state index contributed by atoms with van der Waals surface area (Å²) in [4.78, 5) is 3.15. The molecule has 84 valence electrons. The second-order valence-corrected chi connectivity index (χ2v) is 3.98. The summed E-state index contributed by atoms with van der Waals surface area (Å²) in [5.74, 6) is -0.313. The van der Waals surface area contributed by atoms with E-state index in [1.165, 1.54) is 12.1 Å². The van der Waals surface area contributed by atoms with Gasteiger partial charge in [-0.2, -0.15) is 0 Å². The predicted molar refractivity (Wildman–Crippen MR) is 68.1 cm³/mol. The van der Waals surface area contributed by atoms with Gasteiger partial charge in [0.2, 0.25) is 0 Å². The van der Waals surface area contributed by atoms with Crippen molar-refractivity contribution in [1.82, 2.24) is 4.98 Å². The molecule has 0 aliphatic carbocycles. The van der Waals surface area contributed by atoms with Crippen LogP contribution in [0.3, 0.4) is 0 Å². The molecule has 0 fully saturated rings. The van der Waals surface area contributed by atoms with E-state index in [9.17, 15) is 4.39 Å². The van der Waals surface area contributed by atoms with E-state index in [-0.39, 0.29) is 5.82 Å². The molecule has 0 aliphatic heterocycles. The molecule has 3 N–H and O–H groups in total. The minimum atomic E-state index is -0.313. The lowest BCUT2D eigenvalue weighted by molar-refractivity contribution is 0.628. The number of fused-ring (bicyclic) bond motifs is 1. The van der Waals surface area contributed by atoms with Gasteiger partial charge in [-0.15, -0.1) is 0 Å². The van der Waals surface area contributed by atoms with E-state index in [0.29, 0.717) is 5.69 Å². The van der Waals surface area contributed by atoms with Crippen LogP contribution in [0.1, 0.15) is 0 Å².